The molecule has 0 saturated heterocycles. The molecule has 1 atom stereocenters. The van der Waals surface area contributed by atoms with Crippen molar-refractivity contribution >= 4 is 5.97 Å². The highest BCUT2D eigenvalue weighted by Crippen LogP contribution is 2.37. The van der Waals surface area contributed by atoms with E-state index < -0.39 is 5.97 Å². The molecule has 0 saturated carbocycles. The highest BCUT2D eigenvalue weighted by atomic mass is 16.5. The number of carboxylic acid groups (broad SMARTS) is 1. The van der Waals surface area contributed by atoms with Crippen LogP contribution in [0.1, 0.15) is 41.0 Å². The van der Waals surface area contributed by atoms with Crippen LogP contribution in [-0.4, -0.2) is 32.7 Å². The van der Waals surface area contributed by atoms with Gasteiger partial charge >= 0.3 is 5.97 Å². The van der Waals surface area contributed by atoms with Gasteiger partial charge in [-0.2, -0.15) is 0 Å². The molecule has 1 unspecified atom stereocenters. The molecule has 1 aromatic heterocycles. The minimum Gasteiger partial charge on any atom is -0.493 e. The Bertz CT molecular complexity index is 678. The molecule has 1 aliphatic rings. The maximum absolute atomic E-state index is 11.0. The molecule has 3 rings (SSSR count). The molecule has 2 heterocycles. The Hall–Kier alpha value is -2.37. The van der Waals surface area contributed by atoms with Crippen LogP contribution in [0.25, 0.3) is 5.69 Å². The van der Waals surface area contributed by atoms with E-state index in [2.05, 4.69) is 17.2 Å². The van der Waals surface area contributed by atoms with Gasteiger partial charge in [0, 0.05) is 17.5 Å². The van der Waals surface area contributed by atoms with E-state index in [0.29, 0.717) is 18.2 Å². The second-order valence-corrected chi connectivity index (χ2v) is 4.88. The van der Waals surface area contributed by atoms with Gasteiger partial charge in [-0.15, -0.1) is 5.10 Å². The van der Waals surface area contributed by atoms with Gasteiger partial charge in [-0.3, -0.25) is 0 Å². The van der Waals surface area contributed by atoms with E-state index in [4.69, 9.17) is 9.84 Å². The van der Waals surface area contributed by atoms with E-state index in [1.807, 2.05) is 18.2 Å². The first kappa shape index (κ1) is 12.7. The standard InChI is InChI=1S/C14H15N3O3/c1-3-9-7-20-12-6-10(4-5-11(9)12)17-8(2)13(14(18)19)15-16-17/h4-6,9H,3,7H2,1-2H3,(H,18,19). The fourth-order valence-corrected chi connectivity index (χ4v) is 2.51. The van der Waals surface area contributed by atoms with Crippen molar-refractivity contribution in [3.63, 3.8) is 0 Å². The predicted octanol–water partition coefficient (Wildman–Crippen LogP) is 2.16. The van der Waals surface area contributed by atoms with Crippen LogP contribution in [0, 0.1) is 6.92 Å². The molecule has 6 nitrogen and oxygen atoms in total. The van der Waals surface area contributed by atoms with Gasteiger partial charge < -0.3 is 9.84 Å². The van der Waals surface area contributed by atoms with E-state index in [1.54, 1.807) is 6.92 Å². The molecule has 1 N–H and O–H groups in total. The van der Waals surface area contributed by atoms with Crippen LogP contribution in [0.15, 0.2) is 18.2 Å². The number of hydrogen-bond donors (Lipinski definition) is 1. The number of carbonyl (C=O) groups is 1. The fraction of sp³-hybridized carbons (Fsp3) is 0.357. The van der Waals surface area contributed by atoms with Crippen LogP contribution < -0.4 is 4.74 Å². The van der Waals surface area contributed by atoms with Crippen LogP contribution in [0.3, 0.4) is 0 Å². The van der Waals surface area contributed by atoms with Crippen molar-refractivity contribution in [3.8, 4) is 11.4 Å². The summed E-state index contributed by atoms with van der Waals surface area (Å²) in [5, 5.41) is 16.6. The topological polar surface area (TPSA) is 77.2 Å². The maximum atomic E-state index is 11.0. The van der Waals surface area contributed by atoms with Crippen molar-refractivity contribution < 1.29 is 14.6 Å². The minimum absolute atomic E-state index is 0.0298. The Morgan fingerprint density at radius 3 is 3.00 bits per heavy atom. The van der Waals surface area contributed by atoms with Crippen molar-refractivity contribution in [2.75, 3.05) is 6.61 Å². The number of carboxylic acids is 1. The Balaban J connectivity index is 2.02. The monoisotopic (exact) mass is 273 g/mol. The number of rotatable bonds is 3. The first-order valence-electron chi connectivity index (χ1n) is 6.54. The fourth-order valence-electron chi connectivity index (χ4n) is 2.51. The van der Waals surface area contributed by atoms with Crippen LogP contribution in [0.2, 0.25) is 0 Å². The number of benzene rings is 1. The Kier molecular flexibility index (Phi) is 2.93. The summed E-state index contributed by atoms with van der Waals surface area (Å²) in [5.41, 5.74) is 2.44. The Labute approximate surface area is 116 Å². The number of nitrogens with zero attached hydrogens (tertiary/aromatic N) is 3. The zero-order chi connectivity index (χ0) is 14.3. The van der Waals surface area contributed by atoms with Gasteiger partial charge in [-0.25, -0.2) is 9.48 Å². The summed E-state index contributed by atoms with van der Waals surface area (Å²) in [6.07, 6.45) is 1.04. The lowest BCUT2D eigenvalue weighted by Crippen LogP contribution is -2.02. The Morgan fingerprint density at radius 1 is 1.55 bits per heavy atom. The minimum atomic E-state index is -1.07. The third kappa shape index (κ3) is 1.84. The second kappa shape index (κ2) is 4.63. The number of hydrogen-bond acceptors (Lipinski definition) is 4. The van der Waals surface area contributed by atoms with Crippen molar-refractivity contribution in [1.29, 1.82) is 0 Å². The van der Waals surface area contributed by atoms with Crippen molar-refractivity contribution in [1.82, 2.24) is 15.0 Å². The SMILES string of the molecule is CCC1COc2cc(-n3nnc(C(=O)O)c3C)ccc21. The largest absolute Gasteiger partial charge is 0.493 e. The number of aromatic nitrogens is 3. The predicted molar refractivity (Wildman–Crippen MR) is 71.6 cm³/mol. The highest BCUT2D eigenvalue weighted by molar-refractivity contribution is 5.86. The summed E-state index contributed by atoms with van der Waals surface area (Å²) in [6.45, 7) is 4.52. The quantitative estimate of drug-likeness (QED) is 0.927. The molecule has 2 aromatic rings. The third-order valence-corrected chi connectivity index (χ3v) is 3.71. The number of fused-ring (bicyclic) bond motifs is 1. The molecule has 0 amide bonds. The maximum Gasteiger partial charge on any atom is 0.358 e. The Morgan fingerprint density at radius 2 is 2.35 bits per heavy atom. The summed E-state index contributed by atoms with van der Waals surface area (Å²) in [6, 6.07) is 5.83. The molecular weight excluding hydrogens is 258 g/mol. The number of aromatic carboxylic acids is 1. The van der Waals surface area contributed by atoms with Gasteiger partial charge in [0.1, 0.15) is 5.75 Å². The molecule has 1 aromatic carbocycles. The zero-order valence-corrected chi connectivity index (χ0v) is 11.3. The molecule has 0 bridgehead atoms. The first-order valence-corrected chi connectivity index (χ1v) is 6.54. The highest BCUT2D eigenvalue weighted by Gasteiger charge is 2.24. The lowest BCUT2D eigenvalue weighted by molar-refractivity contribution is 0.0689. The summed E-state index contributed by atoms with van der Waals surface area (Å²) in [7, 11) is 0. The van der Waals surface area contributed by atoms with Crippen LogP contribution in [0.5, 0.6) is 5.75 Å². The summed E-state index contributed by atoms with van der Waals surface area (Å²) >= 11 is 0. The van der Waals surface area contributed by atoms with Crippen molar-refractivity contribution in [2.45, 2.75) is 26.2 Å². The van der Waals surface area contributed by atoms with E-state index in [-0.39, 0.29) is 5.69 Å². The normalized spacial score (nSPS) is 16.8. The van der Waals surface area contributed by atoms with E-state index in [9.17, 15) is 4.79 Å². The van der Waals surface area contributed by atoms with Gasteiger partial charge in [-0.1, -0.05) is 18.2 Å². The molecular formula is C14H15N3O3. The number of ether oxygens (including phenoxy) is 1. The van der Waals surface area contributed by atoms with Crippen LogP contribution in [-0.2, 0) is 0 Å². The first-order chi connectivity index (χ1) is 9.61. The molecule has 6 heteroatoms. The third-order valence-electron chi connectivity index (χ3n) is 3.71. The van der Waals surface area contributed by atoms with Gasteiger partial charge in [0.25, 0.3) is 0 Å². The molecule has 0 radical (unpaired) electrons. The van der Waals surface area contributed by atoms with Crippen LogP contribution >= 0.6 is 0 Å². The average molecular weight is 273 g/mol. The zero-order valence-electron chi connectivity index (χ0n) is 11.3. The molecule has 0 spiro atoms. The van der Waals surface area contributed by atoms with Gasteiger partial charge in [-0.05, 0) is 19.4 Å². The molecule has 1 aliphatic heterocycles. The van der Waals surface area contributed by atoms with Crippen LogP contribution in [0.4, 0.5) is 0 Å². The molecule has 0 fully saturated rings. The van der Waals surface area contributed by atoms with Crippen molar-refractivity contribution in [2.24, 2.45) is 0 Å². The summed E-state index contributed by atoms with van der Waals surface area (Å²) in [4.78, 5) is 11.0. The molecule has 20 heavy (non-hydrogen) atoms. The van der Waals surface area contributed by atoms with E-state index >= 15 is 0 Å². The summed E-state index contributed by atoms with van der Waals surface area (Å²) < 4.78 is 7.20. The van der Waals surface area contributed by atoms with Gasteiger partial charge in [0.15, 0.2) is 5.69 Å². The lowest BCUT2D eigenvalue weighted by atomic mass is 9.99. The van der Waals surface area contributed by atoms with Gasteiger partial charge in [0.2, 0.25) is 0 Å². The second-order valence-electron chi connectivity index (χ2n) is 4.88. The average Bonchev–Trinajstić information content (AvgIpc) is 3.01. The lowest BCUT2D eigenvalue weighted by Gasteiger charge is -2.07. The van der Waals surface area contributed by atoms with E-state index in [1.165, 1.54) is 10.2 Å². The molecule has 104 valence electrons. The molecule has 0 aliphatic carbocycles. The van der Waals surface area contributed by atoms with E-state index in [0.717, 1.165) is 17.9 Å². The van der Waals surface area contributed by atoms with Gasteiger partial charge in [0.05, 0.1) is 18.0 Å². The summed E-state index contributed by atoms with van der Waals surface area (Å²) in [5.74, 6) is 0.212. The smallest absolute Gasteiger partial charge is 0.358 e. The van der Waals surface area contributed by atoms with Crippen molar-refractivity contribution in [3.05, 3.63) is 35.2 Å².